The third-order valence-electron chi connectivity index (χ3n) is 4.52. The second-order valence-electron chi connectivity index (χ2n) is 6.28. The van der Waals surface area contributed by atoms with Gasteiger partial charge in [-0.05, 0) is 26.0 Å². The first-order valence-electron chi connectivity index (χ1n) is 7.84. The maximum absolute atomic E-state index is 11.2. The quantitative estimate of drug-likeness (QED) is 0.881. The van der Waals surface area contributed by atoms with Gasteiger partial charge in [0.25, 0.3) is 0 Å². The molecule has 2 atom stereocenters. The van der Waals surface area contributed by atoms with Crippen LogP contribution in [0, 0.1) is 0 Å². The van der Waals surface area contributed by atoms with E-state index in [4.69, 9.17) is 10.7 Å². The highest BCUT2D eigenvalue weighted by Gasteiger charge is 2.29. The summed E-state index contributed by atoms with van der Waals surface area (Å²) in [7, 11) is 1.99. The summed E-state index contributed by atoms with van der Waals surface area (Å²) in [4.78, 5) is 19.7. The molecule has 0 spiro atoms. The minimum atomic E-state index is -0.861. The zero-order chi connectivity index (χ0) is 16.7. The molecule has 0 aliphatic carbocycles. The second-order valence-corrected chi connectivity index (χ2v) is 6.28. The van der Waals surface area contributed by atoms with Gasteiger partial charge in [0.2, 0.25) is 0 Å². The molecule has 3 rings (SSSR count). The van der Waals surface area contributed by atoms with Crippen LogP contribution in [-0.4, -0.2) is 51.3 Å². The zero-order valence-corrected chi connectivity index (χ0v) is 13.7. The summed E-state index contributed by atoms with van der Waals surface area (Å²) in [5.74, 6) is 0. The maximum atomic E-state index is 11.2. The second kappa shape index (κ2) is 5.73. The van der Waals surface area contributed by atoms with Crippen LogP contribution in [0.1, 0.15) is 25.6 Å². The van der Waals surface area contributed by atoms with Crippen LogP contribution in [0.5, 0.6) is 0 Å². The number of nitrogens with two attached hydrogens (primary N) is 1. The normalized spacial score (nSPS) is 20.1. The molecule has 1 amide bonds. The van der Waals surface area contributed by atoms with E-state index in [1.807, 2.05) is 37.7 Å². The van der Waals surface area contributed by atoms with Crippen LogP contribution < -0.4 is 10.6 Å². The number of rotatable bonds is 2. The Bertz CT molecular complexity index is 739. The lowest BCUT2D eigenvalue weighted by molar-refractivity contribution is 0.122. The van der Waals surface area contributed by atoms with E-state index in [-0.39, 0.29) is 12.1 Å². The van der Waals surface area contributed by atoms with E-state index in [0.717, 1.165) is 22.4 Å². The largest absolute Gasteiger partial charge is 0.465 e. The van der Waals surface area contributed by atoms with Crippen molar-refractivity contribution in [3.63, 3.8) is 0 Å². The molecule has 3 heterocycles. The predicted molar refractivity (Wildman–Crippen MR) is 89.7 cm³/mol. The van der Waals surface area contributed by atoms with Crippen LogP contribution in [0.25, 0.3) is 11.0 Å². The molecule has 0 aromatic carbocycles. The fraction of sp³-hybridized carbons (Fsp3) is 0.500. The number of carbonyl (C=O) groups is 1. The first-order chi connectivity index (χ1) is 10.9. The first kappa shape index (κ1) is 15.6. The maximum Gasteiger partial charge on any atom is 0.407 e. The van der Waals surface area contributed by atoms with Crippen molar-refractivity contribution < 1.29 is 9.90 Å². The Morgan fingerprint density at radius 1 is 1.48 bits per heavy atom. The fourth-order valence-electron chi connectivity index (χ4n) is 3.24. The Morgan fingerprint density at radius 2 is 2.22 bits per heavy atom. The average molecular weight is 317 g/mol. The minimum Gasteiger partial charge on any atom is -0.465 e. The van der Waals surface area contributed by atoms with E-state index in [1.165, 1.54) is 4.90 Å². The standard InChI is InChI=1S/C16H23N5O2/c1-10-9-20(6-7-21(10)16(22)23)14-8-13-12(4-5-19(13)3)18-15(14)11(2)17/h4-5,8,10-11H,6-7,9,17H2,1-3H3,(H,22,23)/t10-,11-/m0/s1. The van der Waals surface area contributed by atoms with Crippen LogP contribution in [0.4, 0.5) is 10.5 Å². The highest BCUT2D eigenvalue weighted by Crippen LogP contribution is 2.30. The topological polar surface area (TPSA) is 87.6 Å². The molecule has 1 saturated heterocycles. The van der Waals surface area contributed by atoms with Crippen molar-refractivity contribution in [2.45, 2.75) is 25.9 Å². The molecule has 1 aliphatic rings. The van der Waals surface area contributed by atoms with E-state index < -0.39 is 6.09 Å². The summed E-state index contributed by atoms with van der Waals surface area (Å²) in [5, 5.41) is 9.23. The number of carboxylic acid groups (broad SMARTS) is 1. The third-order valence-corrected chi connectivity index (χ3v) is 4.52. The van der Waals surface area contributed by atoms with Gasteiger partial charge in [0.05, 0.1) is 22.4 Å². The summed E-state index contributed by atoms with van der Waals surface area (Å²) in [6, 6.07) is 3.86. The van der Waals surface area contributed by atoms with E-state index in [9.17, 15) is 9.90 Å². The Hall–Kier alpha value is -2.28. The molecule has 23 heavy (non-hydrogen) atoms. The van der Waals surface area contributed by atoms with Crippen LogP contribution in [-0.2, 0) is 7.05 Å². The number of amides is 1. The highest BCUT2D eigenvalue weighted by atomic mass is 16.4. The number of nitrogens with zero attached hydrogens (tertiary/aromatic N) is 4. The molecular formula is C16H23N5O2. The van der Waals surface area contributed by atoms with Crippen LogP contribution in [0.15, 0.2) is 18.3 Å². The molecule has 1 aliphatic heterocycles. The van der Waals surface area contributed by atoms with Crippen LogP contribution >= 0.6 is 0 Å². The van der Waals surface area contributed by atoms with Crippen molar-refractivity contribution in [3.05, 3.63) is 24.0 Å². The molecule has 0 radical (unpaired) electrons. The molecule has 0 bridgehead atoms. The van der Waals surface area contributed by atoms with Crippen molar-refractivity contribution in [3.8, 4) is 0 Å². The summed E-state index contributed by atoms with van der Waals surface area (Å²) in [6.07, 6.45) is 1.12. The smallest absolute Gasteiger partial charge is 0.407 e. The van der Waals surface area contributed by atoms with Gasteiger partial charge in [-0.2, -0.15) is 0 Å². The fourth-order valence-corrected chi connectivity index (χ4v) is 3.24. The molecule has 2 aromatic heterocycles. The summed E-state index contributed by atoms with van der Waals surface area (Å²) < 4.78 is 2.04. The first-order valence-corrected chi connectivity index (χ1v) is 7.84. The Morgan fingerprint density at radius 3 is 2.83 bits per heavy atom. The molecule has 7 nitrogen and oxygen atoms in total. The van der Waals surface area contributed by atoms with Gasteiger partial charge in [-0.15, -0.1) is 0 Å². The predicted octanol–water partition coefficient (Wildman–Crippen LogP) is 1.78. The van der Waals surface area contributed by atoms with Crippen molar-refractivity contribution >= 4 is 22.8 Å². The van der Waals surface area contributed by atoms with Crippen molar-refractivity contribution in [2.75, 3.05) is 24.5 Å². The van der Waals surface area contributed by atoms with Gasteiger partial charge in [0, 0.05) is 45.0 Å². The Balaban J connectivity index is 2.00. The van der Waals surface area contributed by atoms with Gasteiger partial charge in [-0.25, -0.2) is 9.78 Å². The van der Waals surface area contributed by atoms with Gasteiger partial charge in [-0.1, -0.05) is 0 Å². The molecule has 0 unspecified atom stereocenters. The lowest BCUT2D eigenvalue weighted by Crippen LogP contribution is -2.54. The lowest BCUT2D eigenvalue weighted by atomic mass is 10.1. The number of anilines is 1. The number of fused-ring (bicyclic) bond motifs is 1. The number of piperazine rings is 1. The van der Waals surface area contributed by atoms with Crippen molar-refractivity contribution in [1.29, 1.82) is 0 Å². The molecule has 2 aromatic rings. The van der Waals surface area contributed by atoms with E-state index >= 15 is 0 Å². The van der Waals surface area contributed by atoms with Gasteiger partial charge in [-0.3, -0.25) is 0 Å². The van der Waals surface area contributed by atoms with Crippen LogP contribution in [0.2, 0.25) is 0 Å². The molecule has 124 valence electrons. The van der Waals surface area contributed by atoms with Crippen LogP contribution in [0.3, 0.4) is 0 Å². The van der Waals surface area contributed by atoms with Gasteiger partial charge < -0.3 is 25.2 Å². The van der Waals surface area contributed by atoms with E-state index in [2.05, 4.69) is 11.0 Å². The molecule has 0 saturated carbocycles. The van der Waals surface area contributed by atoms with Gasteiger partial charge >= 0.3 is 6.09 Å². The van der Waals surface area contributed by atoms with Crippen molar-refractivity contribution in [1.82, 2.24) is 14.5 Å². The third kappa shape index (κ3) is 2.72. The highest BCUT2D eigenvalue weighted by molar-refractivity contribution is 5.81. The Labute approximate surface area is 135 Å². The SMILES string of the molecule is C[C@H](N)c1nc2ccn(C)c2cc1N1CCN(C(=O)O)[C@@H](C)C1. The minimum absolute atomic E-state index is 0.0636. The summed E-state index contributed by atoms with van der Waals surface area (Å²) >= 11 is 0. The van der Waals surface area contributed by atoms with Gasteiger partial charge in [0.15, 0.2) is 0 Å². The Kier molecular flexibility index (Phi) is 3.89. The molecular weight excluding hydrogens is 294 g/mol. The monoisotopic (exact) mass is 317 g/mol. The summed E-state index contributed by atoms with van der Waals surface area (Å²) in [6.45, 7) is 5.63. The number of aromatic nitrogens is 2. The summed E-state index contributed by atoms with van der Waals surface area (Å²) in [5.41, 5.74) is 9.98. The number of pyridine rings is 1. The van der Waals surface area contributed by atoms with E-state index in [0.29, 0.717) is 19.6 Å². The van der Waals surface area contributed by atoms with Gasteiger partial charge in [0.1, 0.15) is 0 Å². The lowest BCUT2D eigenvalue weighted by Gasteiger charge is -2.40. The number of aryl methyl sites for hydroxylation is 1. The van der Waals surface area contributed by atoms with Crippen molar-refractivity contribution in [2.24, 2.45) is 12.8 Å². The molecule has 3 N–H and O–H groups in total. The zero-order valence-electron chi connectivity index (χ0n) is 13.7. The van der Waals surface area contributed by atoms with E-state index in [1.54, 1.807) is 0 Å². The number of hydrogen-bond donors (Lipinski definition) is 2. The molecule has 1 fully saturated rings. The average Bonchev–Trinajstić information content (AvgIpc) is 2.86. The number of hydrogen-bond acceptors (Lipinski definition) is 4. The molecule has 7 heteroatoms.